The minimum Gasteiger partial charge on any atom is -0.448 e. The molecule has 40 heavy (non-hydrogen) atoms. The van der Waals surface area contributed by atoms with Gasteiger partial charge in [-0.3, -0.25) is 14.5 Å². The molecule has 0 spiro atoms. The monoisotopic (exact) mass is 536 g/mol. The number of nitrogens with zero attached hydrogens (tertiary/aromatic N) is 2. The smallest absolute Gasteiger partial charge is 0.410 e. The minimum absolute atomic E-state index is 0.107. The number of rotatable bonds is 4. The Morgan fingerprint density at radius 2 is 1.30 bits per heavy atom. The fraction of sp³-hybridized carbons (Fsp3) is 0.312. The summed E-state index contributed by atoms with van der Waals surface area (Å²) in [7, 11) is 0. The van der Waals surface area contributed by atoms with Crippen molar-refractivity contribution in [3.05, 3.63) is 95.1 Å². The molecule has 4 aliphatic rings. The summed E-state index contributed by atoms with van der Waals surface area (Å²) in [5.41, 5.74) is 4.86. The fourth-order valence-corrected chi connectivity index (χ4v) is 7.04. The van der Waals surface area contributed by atoms with Gasteiger partial charge in [0.25, 0.3) is 11.8 Å². The molecule has 0 aromatic heterocycles. The molecule has 2 fully saturated rings. The molecule has 8 nitrogen and oxygen atoms in total. The zero-order chi connectivity index (χ0) is 27.4. The normalized spacial score (nSPS) is 22.9. The van der Waals surface area contributed by atoms with Crippen LogP contribution in [0, 0.1) is 11.8 Å². The number of likely N-dealkylation sites (tertiary alicyclic amines) is 1. The highest BCUT2D eigenvalue weighted by molar-refractivity contribution is 6.21. The van der Waals surface area contributed by atoms with Gasteiger partial charge in [0, 0.05) is 12.5 Å². The summed E-state index contributed by atoms with van der Waals surface area (Å²) in [4.78, 5) is 59.7. The number of imide groups is 1. The fourth-order valence-electron chi connectivity index (χ4n) is 7.04. The molecule has 0 bridgehead atoms. The van der Waals surface area contributed by atoms with Gasteiger partial charge in [0.2, 0.25) is 0 Å². The quantitative estimate of drug-likeness (QED) is 0.427. The molecule has 202 valence electrons. The van der Waals surface area contributed by atoms with Crippen molar-refractivity contribution in [3.8, 4) is 11.1 Å². The van der Waals surface area contributed by atoms with Crippen LogP contribution in [0.1, 0.15) is 63.4 Å². The summed E-state index contributed by atoms with van der Waals surface area (Å²) in [6.45, 7) is 0.516. The van der Waals surface area contributed by atoms with Gasteiger partial charge in [0.05, 0.1) is 11.1 Å². The van der Waals surface area contributed by atoms with Crippen molar-refractivity contribution >= 4 is 23.9 Å². The molecule has 2 heterocycles. The molecule has 7 rings (SSSR count). The molecule has 1 saturated carbocycles. The van der Waals surface area contributed by atoms with E-state index in [4.69, 9.17) is 9.57 Å². The Bertz CT molecular complexity index is 1470. The second-order valence-electron chi connectivity index (χ2n) is 11.0. The van der Waals surface area contributed by atoms with Crippen LogP contribution in [0.25, 0.3) is 11.1 Å². The van der Waals surface area contributed by atoms with E-state index in [1.165, 1.54) is 17.0 Å². The molecule has 3 aromatic carbocycles. The third kappa shape index (κ3) is 3.81. The maximum atomic E-state index is 13.6. The first kappa shape index (κ1) is 24.6. The van der Waals surface area contributed by atoms with E-state index in [0.29, 0.717) is 11.6 Å². The van der Waals surface area contributed by atoms with Gasteiger partial charge < -0.3 is 9.57 Å². The molecular formula is C32H28N2O6. The van der Waals surface area contributed by atoms with E-state index in [-0.39, 0.29) is 35.5 Å². The summed E-state index contributed by atoms with van der Waals surface area (Å²) in [6, 6.07) is 21.7. The van der Waals surface area contributed by atoms with Crippen LogP contribution in [0.5, 0.6) is 0 Å². The minimum atomic E-state index is -0.926. The molecule has 3 atom stereocenters. The van der Waals surface area contributed by atoms with Crippen molar-refractivity contribution in [2.45, 2.75) is 37.6 Å². The van der Waals surface area contributed by atoms with Crippen LogP contribution < -0.4 is 0 Å². The Balaban J connectivity index is 1.11. The highest BCUT2D eigenvalue weighted by Crippen LogP contribution is 2.45. The Kier molecular flexibility index (Phi) is 5.91. The van der Waals surface area contributed by atoms with E-state index in [0.717, 1.165) is 47.9 Å². The number of hydrogen-bond donors (Lipinski definition) is 0. The molecule has 3 aromatic rings. The van der Waals surface area contributed by atoms with Crippen molar-refractivity contribution in [1.29, 1.82) is 0 Å². The van der Waals surface area contributed by atoms with Crippen LogP contribution in [0.4, 0.5) is 4.79 Å². The molecule has 2 aliphatic carbocycles. The molecule has 8 heteroatoms. The average Bonchev–Trinajstić information content (AvgIpc) is 3.61. The molecule has 1 unspecified atom stereocenters. The van der Waals surface area contributed by atoms with Crippen molar-refractivity contribution in [1.82, 2.24) is 9.96 Å². The number of amides is 3. The summed E-state index contributed by atoms with van der Waals surface area (Å²) in [5, 5.41) is 0.527. The van der Waals surface area contributed by atoms with Gasteiger partial charge >= 0.3 is 12.1 Å². The lowest BCUT2D eigenvalue weighted by atomic mass is 9.78. The molecule has 0 radical (unpaired) electrons. The van der Waals surface area contributed by atoms with Crippen LogP contribution in [0.15, 0.2) is 72.8 Å². The number of benzene rings is 3. The standard InChI is InChI=1S/C32H28N2O6/c35-29-25-15-7-8-16-26(25)30(36)34(29)40-31(37)28-20-10-2-1-9-19(20)17-33(28)32(38)39-18-27-23-13-5-3-11-21(23)22-12-4-6-14-24(22)27/h3-8,11-16,19-20,27-28H,1-2,9-10,17-18H2/t19-,20-,28?/m1/s1. The third-order valence-corrected chi connectivity index (χ3v) is 8.89. The lowest BCUT2D eigenvalue weighted by Crippen LogP contribution is -2.47. The molecule has 3 amide bonds. The van der Waals surface area contributed by atoms with Crippen molar-refractivity contribution < 1.29 is 28.8 Å². The van der Waals surface area contributed by atoms with Crippen LogP contribution in [0.3, 0.4) is 0 Å². The van der Waals surface area contributed by atoms with E-state index in [9.17, 15) is 19.2 Å². The highest BCUT2D eigenvalue weighted by atomic mass is 16.7. The summed E-state index contributed by atoms with van der Waals surface area (Å²) < 4.78 is 5.90. The van der Waals surface area contributed by atoms with Crippen molar-refractivity contribution in [2.24, 2.45) is 11.8 Å². The van der Waals surface area contributed by atoms with Gasteiger partial charge in [0.15, 0.2) is 0 Å². The van der Waals surface area contributed by atoms with Crippen LogP contribution >= 0.6 is 0 Å². The second-order valence-corrected chi connectivity index (χ2v) is 11.0. The lowest BCUT2D eigenvalue weighted by Gasteiger charge is -2.29. The summed E-state index contributed by atoms with van der Waals surface area (Å²) in [5.74, 6) is -2.23. The van der Waals surface area contributed by atoms with E-state index < -0.39 is 29.9 Å². The number of carbonyl (C=O) groups excluding carboxylic acids is 4. The van der Waals surface area contributed by atoms with Gasteiger partial charge in [0.1, 0.15) is 12.6 Å². The number of carbonyl (C=O) groups is 4. The number of hydroxylamine groups is 2. The van der Waals surface area contributed by atoms with Gasteiger partial charge in [-0.25, -0.2) is 9.59 Å². The Morgan fingerprint density at radius 3 is 1.93 bits per heavy atom. The first-order valence-electron chi connectivity index (χ1n) is 13.8. The Labute approximate surface area is 231 Å². The van der Waals surface area contributed by atoms with E-state index in [1.54, 1.807) is 12.1 Å². The summed E-state index contributed by atoms with van der Waals surface area (Å²) >= 11 is 0. The van der Waals surface area contributed by atoms with Gasteiger partial charge in [-0.05, 0) is 59.1 Å². The van der Waals surface area contributed by atoms with Crippen LogP contribution in [-0.4, -0.2) is 53.0 Å². The molecule has 0 N–H and O–H groups in total. The largest absolute Gasteiger partial charge is 0.448 e. The van der Waals surface area contributed by atoms with Crippen LogP contribution in [-0.2, 0) is 14.4 Å². The van der Waals surface area contributed by atoms with E-state index >= 15 is 0 Å². The number of ether oxygens (including phenoxy) is 1. The van der Waals surface area contributed by atoms with Gasteiger partial charge in [-0.1, -0.05) is 78.6 Å². The van der Waals surface area contributed by atoms with E-state index in [1.807, 2.05) is 24.3 Å². The van der Waals surface area contributed by atoms with Crippen molar-refractivity contribution in [3.63, 3.8) is 0 Å². The lowest BCUT2D eigenvalue weighted by molar-refractivity contribution is -0.175. The topological polar surface area (TPSA) is 93.2 Å². The molecule has 1 saturated heterocycles. The molecular weight excluding hydrogens is 508 g/mol. The number of hydrogen-bond acceptors (Lipinski definition) is 6. The predicted molar refractivity (Wildman–Crippen MR) is 144 cm³/mol. The maximum Gasteiger partial charge on any atom is 0.410 e. The average molecular weight is 537 g/mol. The first-order valence-corrected chi connectivity index (χ1v) is 13.8. The summed E-state index contributed by atoms with van der Waals surface area (Å²) in [6.07, 6.45) is 3.05. The third-order valence-electron chi connectivity index (χ3n) is 8.89. The molecule has 2 aliphatic heterocycles. The van der Waals surface area contributed by atoms with Gasteiger partial charge in [-0.2, -0.15) is 0 Å². The van der Waals surface area contributed by atoms with Crippen molar-refractivity contribution in [2.75, 3.05) is 13.2 Å². The highest BCUT2D eigenvalue weighted by Gasteiger charge is 2.51. The van der Waals surface area contributed by atoms with Gasteiger partial charge in [-0.15, -0.1) is 0 Å². The zero-order valence-electron chi connectivity index (χ0n) is 21.8. The Hall–Kier alpha value is -4.46. The first-order chi connectivity index (χ1) is 19.5. The Morgan fingerprint density at radius 1 is 0.750 bits per heavy atom. The SMILES string of the molecule is O=C(ON1C(=O)c2ccccc2C1=O)C1[C@@H]2CCCC[C@@H]2CN1C(=O)OCC1c2ccccc2-c2ccccc21. The van der Waals surface area contributed by atoms with Crippen LogP contribution in [0.2, 0.25) is 0 Å². The number of fused-ring (bicyclic) bond motifs is 5. The second kappa shape index (κ2) is 9.62. The van der Waals surface area contributed by atoms with E-state index in [2.05, 4.69) is 24.3 Å². The maximum absolute atomic E-state index is 13.6. The predicted octanol–water partition coefficient (Wildman–Crippen LogP) is 5.18. The zero-order valence-corrected chi connectivity index (χ0v) is 21.8.